The predicted molar refractivity (Wildman–Crippen MR) is 82.4 cm³/mol. The third-order valence-corrected chi connectivity index (χ3v) is 5.06. The molecule has 0 fully saturated rings. The van der Waals surface area contributed by atoms with Crippen molar-refractivity contribution in [2.24, 2.45) is 5.92 Å². The molecule has 2 aromatic carbocycles. The maximum atomic E-state index is 6.57. The molecule has 2 atom stereocenters. The molecule has 2 aromatic rings. The summed E-state index contributed by atoms with van der Waals surface area (Å²) < 4.78 is 0. The van der Waals surface area contributed by atoms with Crippen molar-refractivity contribution >= 4 is 34.8 Å². The topological polar surface area (TPSA) is 0 Å². The van der Waals surface area contributed by atoms with E-state index in [1.54, 1.807) is 0 Å². The van der Waals surface area contributed by atoms with Crippen molar-refractivity contribution in [1.29, 1.82) is 0 Å². The van der Waals surface area contributed by atoms with Crippen molar-refractivity contribution in [1.82, 2.24) is 0 Å². The van der Waals surface area contributed by atoms with Gasteiger partial charge in [0, 0.05) is 0 Å². The van der Waals surface area contributed by atoms with Gasteiger partial charge in [-0.2, -0.15) is 0 Å². The van der Waals surface area contributed by atoms with Gasteiger partial charge in [-0.3, -0.25) is 0 Å². The van der Waals surface area contributed by atoms with Gasteiger partial charge >= 0.3 is 0 Å². The number of alkyl halides is 1. The molecule has 19 heavy (non-hydrogen) atoms. The Morgan fingerprint density at radius 2 is 1.79 bits per heavy atom. The largest absolute Gasteiger partial charge is 0.117 e. The van der Waals surface area contributed by atoms with Gasteiger partial charge in [0.2, 0.25) is 0 Å². The summed E-state index contributed by atoms with van der Waals surface area (Å²) in [5.41, 5.74) is 3.83. The Hall–Kier alpha value is -0.690. The van der Waals surface area contributed by atoms with Gasteiger partial charge in [-0.15, -0.1) is 11.6 Å². The zero-order valence-corrected chi connectivity index (χ0v) is 12.5. The Morgan fingerprint density at radius 3 is 2.53 bits per heavy atom. The Balaban J connectivity index is 1.80. The number of hydrogen-bond acceptors (Lipinski definition) is 0. The molecule has 0 aliphatic heterocycles. The van der Waals surface area contributed by atoms with Gasteiger partial charge in [-0.1, -0.05) is 53.5 Å². The number of rotatable bonds is 2. The fraction of sp³-hybridized carbons (Fsp3) is 0.250. The predicted octanol–water partition coefficient (Wildman–Crippen LogP) is 5.69. The van der Waals surface area contributed by atoms with Crippen LogP contribution in [-0.2, 0) is 12.8 Å². The number of fused-ring (bicyclic) bond motifs is 1. The minimum Gasteiger partial charge on any atom is -0.117 e. The van der Waals surface area contributed by atoms with E-state index in [4.69, 9.17) is 34.8 Å². The monoisotopic (exact) mass is 310 g/mol. The third-order valence-electron chi connectivity index (χ3n) is 3.73. The van der Waals surface area contributed by atoms with Crippen LogP contribution in [0.5, 0.6) is 0 Å². The summed E-state index contributed by atoms with van der Waals surface area (Å²) in [5.74, 6) is 0.427. The maximum Gasteiger partial charge on any atom is 0.0622 e. The van der Waals surface area contributed by atoms with E-state index >= 15 is 0 Å². The van der Waals surface area contributed by atoms with Crippen LogP contribution in [0.25, 0.3) is 0 Å². The lowest BCUT2D eigenvalue weighted by molar-refractivity contribution is 0.543. The highest BCUT2D eigenvalue weighted by Gasteiger charge is 2.30. The molecule has 0 nitrogen and oxygen atoms in total. The molecule has 1 aliphatic carbocycles. The second-order valence-corrected chi connectivity index (χ2v) is 6.30. The maximum absolute atomic E-state index is 6.57. The van der Waals surface area contributed by atoms with Crippen LogP contribution in [0.4, 0.5) is 0 Å². The minimum atomic E-state index is 0.0886. The Labute approximate surface area is 128 Å². The molecule has 98 valence electrons. The first-order valence-electron chi connectivity index (χ1n) is 6.31. The molecule has 0 N–H and O–H groups in total. The van der Waals surface area contributed by atoms with Crippen LogP contribution in [-0.4, -0.2) is 0 Å². The Kier molecular flexibility index (Phi) is 3.75. The van der Waals surface area contributed by atoms with Crippen molar-refractivity contribution in [3.8, 4) is 0 Å². The summed E-state index contributed by atoms with van der Waals surface area (Å²) in [6, 6.07) is 14.2. The van der Waals surface area contributed by atoms with E-state index in [-0.39, 0.29) is 5.38 Å². The molecule has 0 spiro atoms. The highest BCUT2D eigenvalue weighted by Crippen LogP contribution is 2.42. The average molecular weight is 312 g/mol. The zero-order chi connectivity index (χ0) is 13.4. The normalized spacial score (nSPS) is 21.4. The first-order valence-corrected chi connectivity index (χ1v) is 7.50. The summed E-state index contributed by atoms with van der Waals surface area (Å²) in [6.45, 7) is 0. The molecular weight excluding hydrogens is 299 g/mol. The van der Waals surface area contributed by atoms with Crippen molar-refractivity contribution in [2.75, 3.05) is 0 Å². The highest BCUT2D eigenvalue weighted by molar-refractivity contribution is 6.42. The van der Waals surface area contributed by atoms with Gasteiger partial charge in [-0.05, 0) is 47.6 Å². The Bertz CT molecular complexity index is 607. The molecule has 0 bridgehead atoms. The van der Waals surface area contributed by atoms with Gasteiger partial charge in [0.25, 0.3) is 0 Å². The fourth-order valence-electron chi connectivity index (χ4n) is 2.77. The van der Waals surface area contributed by atoms with Gasteiger partial charge in [-0.25, -0.2) is 0 Å². The molecule has 0 aromatic heterocycles. The van der Waals surface area contributed by atoms with Crippen molar-refractivity contribution in [2.45, 2.75) is 18.2 Å². The Morgan fingerprint density at radius 1 is 1.00 bits per heavy atom. The SMILES string of the molecule is Clc1ccc(CC2Cc3ccccc3C2Cl)cc1Cl. The van der Waals surface area contributed by atoms with Gasteiger partial charge in [0.15, 0.2) is 0 Å². The van der Waals surface area contributed by atoms with Crippen molar-refractivity contribution < 1.29 is 0 Å². The van der Waals surface area contributed by atoms with E-state index in [2.05, 4.69) is 24.3 Å². The van der Waals surface area contributed by atoms with Crippen LogP contribution in [0.3, 0.4) is 0 Å². The van der Waals surface area contributed by atoms with E-state index in [1.807, 2.05) is 18.2 Å². The smallest absolute Gasteiger partial charge is 0.0622 e. The summed E-state index contributed by atoms with van der Waals surface area (Å²) in [5, 5.41) is 1.30. The van der Waals surface area contributed by atoms with E-state index in [0.29, 0.717) is 16.0 Å². The lowest BCUT2D eigenvalue weighted by atomic mass is 9.96. The molecule has 0 saturated carbocycles. The fourth-order valence-corrected chi connectivity index (χ4v) is 3.49. The molecule has 1 aliphatic rings. The number of hydrogen-bond donors (Lipinski definition) is 0. The minimum absolute atomic E-state index is 0.0886. The molecule has 3 heteroatoms. The van der Waals surface area contributed by atoms with Gasteiger partial charge in [0.1, 0.15) is 0 Å². The molecule has 0 amide bonds. The van der Waals surface area contributed by atoms with Crippen LogP contribution < -0.4 is 0 Å². The first-order chi connectivity index (χ1) is 9.15. The van der Waals surface area contributed by atoms with Gasteiger partial charge in [0.05, 0.1) is 15.4 Å². The zero-order valence-electron chi connectivity index (χ0n) is 10.2. The van der Waals surface area contributed by atoms with Crippen LogP contribution >= 0.6 is 34.8 Å². The molecule has 0 radical (unpaired) electrons. The van der Waals surface area contributed by atoms with Crippen LogP contribution in [0, 0.1) is 5.92 Å². The lowest BCUT2D eigenvalue weighted by Gasteiger charge is -2.14. The summed E-state index contributed by atoms with van der Waals surface area (Å²) >= 11 is 18.6. The van der Waals surface area contributed by atoms with E-state index in [1.165, 1.54) is 16.7 Å². The third kappa shape index (κ3) is 2.63. The number of halogens is 3. The second kappa shape index (κ2) is 5.36. The van der Waals surface area contributed by atoms with Gasteiger partial charge < -0.3 is 0 Å². The lowest BCUT2D eigenvalue weighted by Crippen LogP contribution is -2.06. The quantitative estimate of drug-likeness (QED) is 0.625. The van der Waals surface area contributed by atoms with Crippen molar-refractivity contribution in [3.05, 3.63) is 69.2 Å². The standard InChI is InChI=1S/C16H13Cl3/c17-14-6-5-10(8-15(14)18)7-12-9-11-3-1-2-4-13(11)16(12)19/h1-6,8,12,16H,7,9H2. The molecule has 0 saturated heterocycles. The second-order valence-electron chi connectivity index (χ2n) is 5.02. The van der Waals surface area contributed by atoms with E-state index < -0.39 is 0 Å². The molecule has 2 unspecified atom stereocenters. The van der Waals surface area contributed by atoms with Crippen LogP contribution in [0.15, 0.2) is 42.5 Å². The summed E-state index contributed by atoms with van der Waals surface area (Å²) in [4.78, 5) is 0. The highest BCUT2D eigenvalue weighted by atomic mass is 35.5. The van der Waals surface area contributed by atoms with Crippen LogP contribution in [0.1, 0.15) is 22.1 Å². The average Bonchev–Trinajstić information content (AvgIpc) is 2.72. The van der Waals surface area contributed by atoms with Crippen molar-refractivity contribution in [3.63, 3.8) is 0 Å². The van der Waals surface area contributed by atoms with E-state index in [0.717, 1.165) is 12.8 Å². The first kappa shape index (κ1) is 13.3. The summed E-state index contributed by atoms with van der Waals surface area (Å²) in [7, 11) is 0. The van der Waals surface area contributed by atoms with E-state index in [9.17, 15) is 0 Å². The molecule has 0 heterocycles. The molecule has 3 rings (SSSR count). The molecular formula is C16H13Cl3. The summed E-state index contributed by atoms with van der Waals surface area (Å²) in [6.07, 6.45) is 1.96. The number of benzene rings is 2. The van der Waals surface area contributed by atoms with Crippen LogP contribution in [0.2, 0.25) is 10.0 Å².